The van der Waals surface area contributed by atoms with E-state index in [2.05, 4.69) is 5.32 Å². The van der Waals surface area contributed by atoms with Crippen molar-refractivity contribution in [3.63, 3.8) is 0 Å². The summed E-state index contributed by atoms with van der Waals surface area (Å²) in [5.74, 6) is 0.238. The molecule has 0 saturated carbocycles. The molecule has 12 heavy (non-hydrogen) atoms. The van der Waals surface area contributed by atoms with Gasteiger partial charge in [-0.2, -0.15) is 0 Å². The third kappa shape index (κ3) is 2.81. The first-order valence-corrected chi connectivity index (χ1v) is 4.74. The Bertz CT molecular complexity index is 134. The van der Waals surface area contributed by atoms with Gasteiger partial charge < -0.3 is 10.2 Å². The molecule has 72 valence electrons. The summed E-state index contributed by atoms with van der Waals surface area (Å²) in [4.78, 5) is 12.9. The Hall–Kier alpha value is -0.570. The van der Waals surface area contributed by atoms with Gasteiger partial charge >= 0.3 is 0 Å². The third-order valence-corrected chi connectivity index (χ3v) is 1.88. The predicted octanol–water partition coefficient (Wildman–Crippen LogP) is 0.853. The molecule has 1 atom stereocenters. The second kappa shape index (κ2) is 6.00. The Kier molecular flexibility index (Phi) is 5.72. The minimum Gasteiger partial charge on any atom is -0.344 e. The van der Waals surface area contributed by atoms with Crippen LogP contribution in [0.2, 0.25) is 0 Å². The summed E-state index contributed by atoms with van der Waals surface area (Å²) in [6, 6.07) is 0.0926. The van der Waals surface area contributed by atoms with Crippen LogP contribution in [-0.4, -0.2) is 37.0 Å². The molecule has 0 aromatic rings. The van der Waals surface area contributed by atoms with Gasteiger partial charge in [-0.15, -0.1) is 0 Å². The zero-order valence-electron chi connectivity index (χ0n) is 8.55. The van der Waals surface area contributed by atoms with Crippen molar-refractivity contribution < 1.29 is 4.79 Å². The van der Waals surface area contributed by atoms with Gasteiger partial charge in [-0.1, -0.05) is 20.8 Å². The first-order chi connectivity index (χ1) is 5.75. The molecule has 0 aliphatic carbocycles. The van der Waals surface area contributed by atoms with Crippen LogP contribution >= 0.6 is 0 Å². The number of nitrogens with zero attached hydrogens (tertiary/aromatic N) is 1. The molecular formula is C9H20N2O. The first-order valence-electron chi connectivity index (χ1n) is 4.74. The monoisotopic (exact) mass is 172 g/mol. The lowest BCUT2D eigenvalue weighted by molar-refractivity contribution is -0.128. The minimum atomic E-state index is 0.0926. The fraction of sp³-hybridized carbons (Fsp3) is 0.889. The average molecular weight is 172 g/mol. The van der Waals surface area contributed by atoms with Crippen LogP contribution in [0.3, 0.4) is 0 Å². The second-order valence-corrected chi connectivity index (χ2v) is 2.66. The molecule has 3 heteroatoms. The highest BCUT2D eigenvalue weighted by Gasteiger charge is 2.27. The Morgan fingerprint density at radius 1 is 1.58 bits per heavy atom. The SMILES string of the molecule is CC.CCNC1CCN(C)C1=O. The predicted molar refractivity (Wildman–Crippen MR) is 51.1 cm³/mol. The van der Waals surface area contributed by atoms with Crippen LogP contribution in [0.25, 0.3) is 0 Å². The number of likely N-dealkylation sites (N-methyl/N-ethyl adjacent to an activating group) is 2. The lowest BCUT2D eigenvalue weighted by atomic mass is 10.2. The molecule has 1 fully saturated rings. The molecule has 0 aromatic heterocycles. The summed E-state index contributed by atoms with van der Waals surface area (Å²) in [7, 11) is 1.85. The molecule has 1 rings (SSSR count). The van der Waals surface area contributed by atoms with Gasteiger partial charge in [-0.3, -0.25) is 4.79 Å². The Morgan fingerprint density at radius 2 is 2.17 bits per heavy atom. The number of likely N-dealkylation sites (tertiary alicyclic amines) is 1. The number of carbonyl (C=O) groups is 1. The first kappa shape index (κ1) is 11.4. The standard InChI is InChI=1S/C7H14N2O.C2H6/c1-3-8-6-4-5-9(2)7(6)10;1-2/h6,8H,3-5H2,1-2H3;1-2H3. The summed E-state index contributed by atoms with van der Waals surface area (Å²) in [6.07, 6.45) is 0.961. The molecule has 0 aromatic carbocycles. The number of hydrogen-bond donors (Lipinski definition) is 1. The van der Waals surface area contributed by atoms with E-state index < -0.39 is 0 Å². The van der Waals surface area contributed by atoms with Gasteiger partial charge in [-0.05, 0) is 13.0 Å². The fourth-order valence-corrected chi connectivity index (χ4v) is 1.26. The fourth-order valence-electron chi connectivity index (χ4n) is 1.26. The number of hydrogen-bond acceptors (Lipinski definition) is 2. The molecule has 0 bridgehead atoms. The van der Waals surface area contributed by atoms with Gasteiger partial charge in [0.1, 0.15) is 0 Å². The summed E-state index contributed by atoms with van der Waals surface area (Å²) in [5.41, 5.74) is 0. The quantitative estimate of drug-likeness (QED) is 0.670. The van der Waals surface area contributed by atoms with Crippen LogP contribution in [0.5, 0.6) is 0 Å². The second-order valence-electron chi connectivity index (χ2n) is 2.66. The van der Waals surface area contributed by atoms with Crippen LogP contribution < -0.4 is 5.32 Å². The minimum absolute atomic E-state index is 0.0926. The van der Waals surface area contributed by atoms with E-state index in [1.807, 2.05) is 27.8 Å². The molecular weight excluding hydrogens is 152 g/mol. The molecule has 0 radical (unpaired) electrons. The zero-order valence-corrected chi connectivity index (χ0v) is 8.55. The van der Waals surface area contributed by atoms with Gasteiger partial charge in [0.15, 0.2) is 0 Å². The van der Waals surface area contributed by atoms with Crippen molar-refractivity contribution >= 4 is 5.91 Å². The van der Waals surface area contributed by atoms with Crippen molar-refractivity contribution in [3.8, 4) is 0 Å². The van der Waals surface area contributed by atoms with E-state index in [4.69, 9.17) is 0 Å². The maximum Gasteiger partial charge on any atom is 0.239 e. The normalized spacial score (nSPS) is 22.2. The molecule has 1 N–H and O–H groups in total. The molecule has 3 nitrogen and oxygen atoms in total. The molecule has 0 spiro atoms. The number of rotatable bonds is 2. The van der Waals surface area contributed by atoms with Gasteiger partial charge in [0.05, 0.1) is 6.04 Å². The molecule has 1 amide bonds. The van der Waals surface area contributed by atoms with Crippen LogP contribution in [0.15, 0.2) is 0 Å². The van der Waals surface area contributed by atoms with Crippen LogP contribution in [0.1, 0.15) is 27.2 Å². The summed E-state index contributed by atoms with van der Waals surface area (Å²) in [5, 5.41) is 3.13. The van der Waals surface area contributed by atoms with E-state index in [-0.39, 0.29) is 11.9 Å². The van der Waals surface area contributed by atoms with Crippen molar-refractivity contribution in [2.24, 2.45) is 0 Å². The molecule has 1 saturated heterocycles. The van der Waals surface area contributed by atoms with E-state index in [9.17, 15) is 4.79 Å². The van der Waals surface area contributed by atoms with Crippen molar-refractivity contribution in [2.75, 3.05) is 20.1 Å². The topological polar surface area (TPSA) is 32.3 Å². The van der Waals surface area contributed by atoms with Crippen molar-refractivity contribution in [1.29, 1.82) is 0 Å². The van der Waals surface area contributed by atoms with E-state index >= 15 is 0 Å². The van der Waals surface area contributed by atoms with E-state index in [1.165, 1.54) is 0 Å². The van der Waals surface area contributed by atoms with Crippen LogP contribution in [0, 0.1) is 0 Å². The maximum atomic E-state index is 11.2. The highest BCUT2D eigenvalue weighted by atomic mass is 16.2. The van der Waals surface area contributed by atoms with Crippen molar-refractivity contribution in [1.82, 2.24) is 10.2 Å². The van der Waals surface area contributed by atoms with Crippen molar-refractivity contribution in [3.05, 3.63) is 0 Å². The smallest absolute Gasteiger partial charge is 0.239 e. The summed E-state index contributed by atoms with van der Waals surface area (Å²) < 4.78 is 0. The summed E-state index contributed by atoms with van der Waals surface area (Å²) in [6.45, 7) is 7.80. The maximum absolute atomic E-state index is 11.2. The van der Waals surface area contributed by atoms with E-state index in [0.717, 1.165) is 19.5 Å². The van der Waals surface area contributed by atoms with Gasteiger partial charge in [0.2, 0.25) is 5.91 Å². The highest BCUT2D eigenvalue weighted by Crippen LogP contribution is 2.07. The number of nitrogens with one attached hydrogen (secondary N) is 1. The third-order valence-electron chi connectivity index (χ3n) is 1.88. The van der Waals surface area contributed by atoms with Crippen molar-refractivity contribution in [2.45, 2.75) is 33.2 Å². The van der Waals surface area contributed by atoms with Crippen LogP contribution in [-0.2, 0) is 4.79 Å². The largest absolute Gasteiger partial charge is 0.344 e. The summed E-state index contributed by atoms with van der Waals surface area (Å²) >= 11 is 0. The zero-order chi connectivity index (χ0) is 9.56. The Labute approximate surface area is 75.1 Å². The number of amides is 1. The highest BCUT2D eigenvalue weighted by molar-refractivity contribution is 5.83. The van der Waals surface area contributed by atoms with Crippen LogP contribution in [0.4, 0.5) is 0 Å². The van der Waals surface area contributed by atoms with Gasteiger partial charge in [0, 0.05) is 13.6 Å². The Balaban J connectivity index is 0.000000561. The Morgan fingerprint density at radius 3 is 2.50 bits per heavy atom. The molecule has 1 aliphatic heterocycles. The lowest BCUT2D eigenvalue weighted by Crippen LogP contribution is -2.36. The average Bonchev–Trinajstić information content (AvgIpc) is 2.41. The molecule has 1 aliphatic rings. The lowest BCUT2D eigenvalue weighted by Gasteiger charge is -2.09. The van der Waals surface area contributed by atoms with Gasteiger partial charge in [0.25, 0.3) is 0 Å². The molecule has 1 heterocycles. The van der Waals surface area contributed by atoms with E-state index in [0.29, 0.717) is 0 Å². The van der Waals surface area contributed by atoms with E-state index in [1.54, 1.807) is 4.90 Å². The van der Waals surface area contributed by atoms with Gasteiger partial charge in [-0.25, -0.2) is 0 Å². The molecule has 1 unspecified atom stereocenters. The number of carbonyl (C=O) groups excluding carboxylic acids is 1.